The second-order valence-electron chi connectivity index (χ2n) is 8.85. The molecule has 0 radical (unpaired) electrons. The van der Waals surface area contributed by atoms with Crippen LogP contribution in [-0.4, -0.2) is 33.3 Å². The Bertz CT molecular complexity index is 1200. The van der Waals surface area contributed by atoms with Gasteiger partial charge >= 0.3 is 0 Å². The summed E-state index contributed by atoms with van der Waals surface area (Å²) in [6.07, 6.45) is 0.302. The molecule has 1 aromatic heterocycles. The smallest absolute Gasteiger partial charge is 0.254 e. The number of imidazole rings is 1. The number of fused-ring (bicyclic) bond motifs is 2. The SMILES string of the molecule is CC(C)Cn1c([C@H](C)NC(=O)CC[C@@H]2NC(=O)c3ccccc3NC2=O)nc2ccccc21. The van der Waals surface area contributed by atoms with Crippen molar-refractivity contribution in [3.05, 3.63) is 59.9 Å². The first-order valence-electron chi connectivity index (χ1n) is 11.3. The molecule has 0 bridgehead atoms. The fourth-order valence-electron chi connectivity index (χ4n) is 4.15. The first-order valence-corrected chi connectivity index (χ1v) is 11.3. The number of rotatable bonds is 7. The van der Waals surface area contributed by atoms with E-state index in [1.807, 2.05) is 31.2 Å². The molecule has 0 aliphatic carbocycles. The topological polar surface area (TPSA) is 105 Å². The Balaban J connectivity index is 1.41. The van der Waals surface area contributed by atoms with Gasteiger partial charge in [-0.3, -0.25) is 14.4 Å². The third kappa shape index (κ3) is 4.89. The van der Waals surface area contributed by atoms with Gasteiger partial charge in [0.05, 0.1) is 28.3 Å². The number of nitrogens with zero attached hydrogens (tertiary/aromatic N) is 2. The van der Waals surface area contributed by atoms with Gasteiger partial charge in [-0.2, -0.15) is 0 Å². The lowest BCUT2D eigenvalue weighted by atomic mass is 10.1. The summed E-state index contributed by atoms with van der Waals surface area (Å²) in [5.41, 5.74) is 2.83. The minimum Gasteiger partial charge on any atom is -0.346 e. The molecule has 2 heterocycles. The molecule has 3 amide bonds. The summed E-state index contributed by atoms with van der Waals surface area (Å²) in [7, 11) is 0. The Labute approximate surface area is 192 Å². The molecule has 3 aromatic rings. The Morgan fingerprint density at radius 1 is 1.09 bits per heavy atom. The predicted octanol–water partition coefficient (Wildman–Crippen LogP) is 3.40. The summed E-state index contributed by atoms with van der Waals surface area (Å²) in [5, 5.41) is 8.50. The molecule has 4 rings (SSSR count). The zero-order chi connectivity index (χ0) is 23.5. The van der Waals surface area contributed by atoms with E-state index in [2.05, 4.69) is 34.4 Å². The number of hydrogen-bond donors (Lipinski definition) is 3. The number of hydrogen-bond acceptors (Lipinski definition) is 4. The third-order valence-electron chi connectivity index (χ3n) is 5.71. The van der Waals surface area contributed by atoms with Crippen LogP contribution in [0.4, 0.5) is 5.69 Å². The monoisotopic (exact) mass is 447 g/mol. The van der Waals surface area contributed by atoms with Gasteiger partial charge in [0.2, 0.25) is 11.8 Å². The standard InChI is InChI=1S/C25H29N5O3/c1-15(2)14-30-21-11-7-6-10-19(21)27-23(30)16(3)26-22(31)13-12-20-25(33)28-18-9-5-4-8-17(18)24(32)29-20/h4-11,15-16,20H,12-14H2,1-3H3,(H,26,31)(H,28,33)(H,29,32)/t16-,20-/m0/s1. The average Bonchev–Trinajstić information content (AvgIpc) is 3.08. The van der Waals surface area contributed by atoms with E-state index in [1.54, 1.807) is 24.3 Å². The molecule has 8 heteroatoms. The molecule has 2 atom stereocenters. The highest BCUT2D eigenvalue weighted by molar-refractivity contribution is 6.09. The number of nitrogens with one attached hydrogen (secondary N) is 3. The van der Waals surface area contributed by atoms with Crippen molar-refractivity contribution in [2.24, 2.45) is 5.92 Å². The number of para-hydroxylation sites is 3. The molecule has 0 unspecified atom stereocenters. The number of carbonyl (C=O) groups excluding carboxylic acids is 3. The molecular formula is C25H29N5O3. The van der Waals surface area contributed by atoms with Gasteiger partial charge in [0, 0.05) is 13.0 Å². The third-order valence-corrected chi connectivity index (χ3v) is 5.71. The Morgan fingerprint density at radius 3 is 2.61 bits per heavy atom. The van der Waals surface area contributed by atoms with Crippen molar-refractivity contribution in [3.8, 4) is 0 Å². The van der Waals surface area contributed by atoms with Crippen molar-refractivity contribution in [1.82, 2.24) is 20.2 Å². The Kier molecular flexibility index (Phi) is 6.44. The van der Waals surface area contributed by atoms with E-state index in [1.165, 1.54) is 0 Å². The maximum Gasteiger partial charge on any atom is 0.254 e. The van der Waals surface area contributed by atoms with Crippen molar-refractivity contribution in [3.63, 3.8) is 0 Å². The van der Waals surface area contributed by atoms with Crippen LogP contribution in [0.3, 0.4) is 0 Å². The molecule has 1 aliphatic heterocycles. The Hall–Kier alpha value is -3.68. The lowest BCUT2D eigenvalue weighted by molar-refractivity contribution is -0.122. The van der Waals surface area contributed by atoms with Gasteiger partial charge < -0.3 is 20.5 Å². The van der Waals surface area contributed by atoms with E-state index in [-0.39, 0.29) is 36.6 Å². The summed E-state index contributed by atoms with van der Waals surface area (Å²) in [6, 6.07) is 13.7. The predicted molar refractivity (Wildman–Crippen MR) is 127 cm³/mol. The molecule has 0 spiro atoms. The molecule has 0 fully saturated rings. The van der Waals surface area contributed by atoms with Crippen LogP contribution in [0.15, 0.2) is 48.5 Å². The molecule has 8 nitrogen and oxygen atoms in total. The quantitative estimate of drug-likeness (QED) is 0.516. The van der Waals surface area contributed by atoms with Crippen LogP contribution >= 0.6 is 0 Å². The molecule has 0 saturated carbocycles. The van der Waals surface area contributed by atoms with E-state index in [0.717, 1.165) is 23.4 Å². The second kappa shape index (κ2) is 9.44. The maximum atomic E-state index is 12.7. The Morgan fingerprint density at radius 2 is 1.82 bits per heavy atom. The van der Waals surface area contributed by atoms with Gasteiger partial charge in [-0.15, -0.1) is 0 Å². The number of carbonyl (C=O) groups is 3. The van der Waals surface area contributed by atoms with Crippen LogP contribution in [0.2, 0.25) is 0 Å². The summed E-state index contributed by atoms with van der Waals surface area (Å²) in [6.45, 7) is 7.00. The fraction of sp³-hybridized carbons (Fsp3) is 0.360. The van der Waals surface area contributed by atoms with Crippen LogP contribution in [-0.2, 0) is 16.1 Å². The molecule has 0 saturated heterocycles. The molecule has 3 N–H and O–H groups in total. The highest BCUT2D eigenvalue weighted by atomic mass is 16.2. The van der Waals surface area contributed by atoms with Crippen molar-refractivity contribution in [1.29, 1.82) is 0 Å². The minimum atomic E-state index is -0.781. The van der Waals surface area contributed by atoms with E-state index in [9.17, 15) is 14.4 Å². The van der Waals surface area contributed by atoms with Crippen molar-refractivity contribution < 1.29 is 14.4 Å². The zero-order valence-corrected chi connectivity index (χ0v) is 19.1. The lowest BCUT2D eigenvalue weighted by Crippen LogP contribution is -2.42. The average molecular weight is 448 g/mol. The first kappa shape index (κ1) is 22.5. The molecule has 172 valence electrons. The maximum absolute atomic E-state index is 12.7. The van der Waals surface area contributed by atoms with Crippen molar-refractivity contribution in [2.75, 3.05) is 5.32 Å². The summed E-state index contributed by atoms with van der Waals surface area (Å²) < 4.78 is 2.15. The fourth-order valence-corrected chi connectivity index (χ4v) is 4.15. The minimum absolute atomic E-state index is 0.101. The first-order chi connectivity index (χ1) is 15.8. The second-order valence-corrected chi connectivity index (χ2v) is 8.85. The summed E-state index contributed by atoms with van der Waals surface area (Å²) >= 11 is 0. The van der Waals surface area contributed by atoms with E-state index in [0.29, 0.717) is 17.2 Å². The van der Waals surface area contributed by atoms with E-state index in [4.69, 9.17) is 4.98 Å². The number of anilines is 1. The number of benzene rings is 2. The van der Waals surface area contributed by atoms with Crippen LogP contribution in [0.25, 0.3) is 11.0 Å². The van der Waals surface area contributed by atoms with Gasteiger partial charge in [0.25, 0.3) is 5.91 Å². The van der Waals surface area contributed by atoms with Gasteiger partial charge in [-0.05, 0) is 43.5 Å². The highest BCUT2D eigenvalue weighted by Gasteiger charge is 2.28. The number of aromatic nitrogens is 2. The van der Waals surface area contributed by atoms with Gasteiger partial charge in [-0.25, -0.2) is 4.98 Å². The largest absolute Gasteiger partial charge is 0.346 e. The van der Waals surface area contributed by atoms with Crippen LogP contribution in [0.1, 0.15) is 55.8 Å². The highest BCUT2D eigenvalue weighted by Crippen LogP contribution is 2.23. The number of amides is 3. The van der Waals surface area contributed by atoms with Gasteiger partial charge in [0.15, 0.2) is 0 Å². The van der Waals surface area contributed by atoms with Gasteiger partial charge in [-0.1, -0.05) is 38.1 Å². The normalized spacial score (nSPS) is 16.7. The van der Waals surface area contributed by atoms with E-state index < -0.39 is 6.04 Å². The summed E-state index contributed by atoms with van der Waals surface area (Å²) in [5.74, 6) is 0.368. The van der Waals surface area contributed by atoms with Crippen LogP contribution < -0.4 is 16.0 Å². The summed E-state index contributed by atoms with van der Waals surface area (Å²) in [4.78, 5) is 42.5. The van der Waals surface area contributed by atoms with Gasteiger partial charge in [0.1, 0.15) is 11.9 Å². The van der Waals surface area contributed by atoms with E-state index >= 15 is 0 Å². The molecular weight excluding hydrogens is 418 g/mol. The van der Waals surface area contributed by atoms with Crippen molar-refractivity contribution >= 4 is 34.4 Å². The lowest BCUT2D eigenvalue weighted by Gasteiger charge is -2.19. The van der Waals surface area contributed by atoms with Crippen molar-refractivity contribution in [2.45, 2.75) is 52.2 Å². The zero-order valence-electron chi connectivity index (χ0n) is 19.1. The molecule has 2 aromatic carbocycles. The molecule has 1 aliphatic rings. The molecule has 33 heavy (non-hydrogen) atoms. The van der Waals surface area contributed by atoms with Crippen LogP contribution in [0, 0.1) is 5.92 Å². The van der Waals surface area contributed by atoms with Crippen LogP contribution in [0.5, 0.6) is 0 Å².